The second-order valence-corrected chi connectivity index (χ2v) is 5.90. The molecule has 0 saturated carbocycles. The van der Waals surface area contributed by atoms with Gasteiger partial charge in [0.1, 0.15) is 13.2 Å². The largest absolute Gasteiger partial charge is 0.503 e. The molecule has 6 nitrogen and oxygen atoms in total. The van der Waals surface area contributed by atoms with Crippen molar-refractivity contribution in [1.29, 1.82) is 0 Å². The minimum Gasteiger partial charge on any atom is -0.503 e. The molecule has 3 heterocycles. The second-order valence-electron chi connectivity index (χ2n) is 5.90. The summed E-state index contributed by atoms with van der Waals surface area (Å²) in [6, 6.07) is 7.54. The van der Waals surface area contributed by atoms with Crippen molar-refractivity contribution in [2.75, 3.05) is 19.8 Å². The van der Waals surface area contributed by atoms with Crippen molar-refractivity contribution >= 4 is 0 Å². The van der Waals surface area contributed by atoms with Crippen molar-refractivity contribution in [3.05, 3.63) is 51.9 Å². The molecule has 0 radical (unpaired) electrons. The van der Waals surface area contributed by atoms with E-state index in [9.17, 15) is 9.90 Å². The van der Waals surface area contributed by atoms with E-state index in [1.54, 1.807) is 0 Å². The van der Waals surface area contributed by atoms with Crippen LogP contribution < -0.4 is 14.9 Å². The van der Waals surface area contributed by atoms with Gasteiger partial charge in [-0.2, -0.15) is 0 Å². The van der Waals surface area contributed by atoms with Crippen LogP contribution in [0, 0.1) is 0 Å². The van der Waals surface area contributed by atoms with E-state index < -0.39 is 0 Å². The maximum absolute atomic E-state index is 11.6. The van der Waals surface area contributed by atoms with Crippen LogP contribution in [0.1, 0.15) is 11.3 Å². The predicted octanol–water partition coefficient (Wildman–Crippen LogP) is 1.34. The van der Waals surface area contributed by atoms with Gasteiger partial charge in [-0.25, -0.2) is 0 Å². The van der Waals surface area contributed by atoms with E-state index in [2.05, 4.69) is 4.90 Å². The zero-order chi connectivity index (χ0) is 15.8. The van der Waals surface area contributed by atoms with Crippen molar-refractivity contribution in [1.82, 2.24) is 9.47 Å². The molecule has 0 bridgehead atoms. The van der Waals surface area contributed by atoms with Crippen LogP contribution >= 0.6 is 0 Å². The van der Waals surface area contributed by atoms with Crippen molar-refractivity contribution in [3.8, 4) is 17.2 Å². The highest BCUT2D eigenvalue weighted by Crippen LogP contribution is 2.31. The van der Waals surface area contributed by atoms with Crippen LogP contribution in [0.25, 0.3) is 0 Å². The van der Waals surface area contributed by atoms with Gasteiger partial charge in [0.25, 0.3) is 0 Å². The Morgan fingerprint density at radius 2 is 1.91 bits per heavy atom. The smallest absolute Gasteiger partial charge is 0.223 e. The number of ether oxygens (including phenoxy) is 2. The quantitative estimate of drug-likeness (QED) is 0.906. The molecule has 4 rings (SSSR count). The molecular formula is C17H18N2O4. The number of aromatic hydroxyl groups is 1. The first-order chi connectivity index (χ1) is 11.2. The van der Waals surface area contributed by atoms with Crippen molar-refractivity contribution in [3.63, 3.8) is 0 Å². The summed E-state index contributed by atoms with van der Waals surface area (Å²) in [4.78, 5) is 13.9. The molecule has 6 heteroatoms. The molecule has 2 aromatic rings. The van der Waals surface area contributed by atoms with Crippen LogP contribution in [-0.4, -0.2) is 34.3 Å². The Bertz CT molecular complexity index is 800. The summed E-state index contributed by atoms with van der Waals surface area (Å²) in [5, 5.41) is 9.52. The zero-order valence-corrected chi connectivity index (χ0v) is 12.7. The maximum atomic E-state index is 11.6. The fourth-order valence-electron chi connectivity index (χ4n) is 3.08. The molecule has 0 spiro atoms. The Labute approximate surface area is 133 Å². The molecule has 1 aromatic heterocycles. The zero-order valence-electron chi connectivity index (χ0n) is 12.7. The lowest BCUT2D eigenvalue weighted by atomic mass is 10.1. The highest BCUT2D eigenvalue weighted by atomic mass is 16.6. The number of hydrogen-bond acceptors (Lipinski definition) is 5. The van der Waals surface area contributed by atoms with E-state index in [-0.39, 0.29) is 11.2 Å². The van der Waals surface area contributed by atoms with Gasteiger partial charge in [0.15, 0.2) is 17.2 Å². The summed E-state index contributed by atoms with van der Waals surface area (Å²) in [5.74, 6) is 1.41. The molecule has 0 amide bonds. The van der Waals surface area contributed by atoms with E-state index in [1.807, 2.05) is 22.8 Å². The standard InChI is InChI=1S/C17H18N2O4/c20-14-8-13-10-18(3-4-19(13)11-15(14)21)9-12-1-2-16-17(7-12)23-6-5-22-16/h1-2,7-8,11,21H,3-6,9-10H2. The van der Waals surface area contributed by atoms with Gasteiger partial charge < -0.3 is 19.1 Å². The first kappa shape index (κ1) is 14.1. The fraction of sp³-hybridized carbons (Fsp3) is 0.353. The van der Waals surface area contributed by atoms with Gasteiger partial charge >= 0.3 is 0 Å². The summed E-state index contributed by atoms with van der Waals surface area (Å²) >= 11 is 0. The number of pyridine rings is 1. The van der Waals surface area contributed by atoms with Gasteiger partial charge in [0, 0.05) is 37.9 Å². The van der Waals surface area contributed by atoms with E-state index in [1.165, 1.54) is 12.3 Å². The number of fused-ring (bicyclic) bond motifs is 2. The van der Waals surface area contributed by atoms with Crippen LogP contribution in [-0.2, 0) is 19.6 Å². The molecule has 2 aliphatic heterocycles. The third kappa shape index (κ3) is 2.77. The molecule has 0 atom stereocenters. The lowest BCUT2D eigenvalue weighted by Crippen LogP contribution is -2.34. The summed E-state index contributed by atoms with van der Waals surface area (Å²) in [6.07, 6.45) is 1.53. The molecule has 0 fully saturated rings. The minimum absolute atomic E-state index is 0.186. The molecule has 1 aromatic carbocycles. The molecule has 2 aliphatic rings. The SMILES string of the molecule is O=c1cc2n(cc1O)CCN(Cc1ccc3c(c1)OCCO3)C2. The van der Waals surface area contributed by atoms with Crippen molar-refractivity contribution < 1.29 is 14.6 Å². The Morgan fingerprint density at radius 1 is 1.09 bits per heavy atom. The third-order valence-corrected chi connectivity index (χ3v) is 4.25. The highest BCUT2D eigenvalue weighted by Gasteiger charge is 2.18. The first-order valence-corrected chi connectivity index (χ1v) is 7.72. The molecule has 0 saturated heterocycles. The Morgan fingerprint density at radius 3 is 2.78 bits per heavy atom. The first-order valence-electron chi connectivity index (χ1n) is 7.72. The normalized spacial score (nSPS) is 16.9. The van der Waals surface area contributed by atoms with Gasteiger partial charge in [0.2, 0.25) is 5.43 Å². The highest BCUT2D eigenvalue weighted by molar-refractivity contribution is 5.43. The van der Waals surface area contributed by atoms with Gasteiger partial charge in [-0.05, 0) is 17.7 Å². The number of hydrogen-bond donors (Lipinski definition) is 1. The molecule has 120 valence electrons. The summed E-state index contributed by atoms with van der Waals surface area (Å²) < 4.78 is 13.1. The van der Waals surface area contributed by atoms with Gasteiger partial charge in [-0.3, -0.25) is 9.69 Å². The Balaban J connectivity index is 1.52. The van der Waals surface area contributed by atoms with Crippen LogP contribution in [0.5, 0.6) is 17.2 Å². The predicted molar refractivity (Wildman–Crippen MR) is 83.9 cm³/mol. The van der Waals surface area contributed by atoms with Crippen molar-refractivity contribution in [2.24, 2.45) is 0 Å². The molecule has 0 unspecified atom stereocenters. The molecular weight excluding hydrogens is 296 g/mol. The number of benzene rings is 1. The fourth-order valence-corrected chi connectivity index (χ4v) is 3.08. The topological polar surface area (TPSA) is 63.9 Å². The number of rotatable bonds is 2. The Hall–Kier alpha value is -2.47. The lowest BCUT2D eigenvalue weighted by Gasteiger charge is -2.30. The van der Waals surface area contributed by atoms with Crippen LogP contribution in [0.2, 0.25) is 0 Å². The average molecular weight is 314 g/mol. The maximum Gasteiger partial charge on any atom is 0.223 e. The van der Waals surface area contributed by atoms with Crippen LogP contribution in [0.4, 0.5) is 0 Å². The lowest BCUT2D eigenvalue weighted by molar-refractivity contribution is 0.170. The minimum atomic E-state index is -0.322. The Kier molecular flexibility index (Phi) is 3.46. The monoisotopic (exact) mass is 314 g/mol. The third-order valence-electron chi connectivity index (χ3n) is 4.25. The van der Waals surface area contributed by atoms with Gasteiger partial charge in [0.05, 0.1) is 6.20 Å². The second kappa shape index (κ2) is 5.62. The van der Waals surface area contributed by atoms with Crippen LogP contribution in [0.15, 0.2) is 35.3 Å². The number of aromatic nitrogens is 1. The summed E-state index contributed by atoms with van der Waals surface area (Å²) in [6.45, 7) is 4.27. The van der Waals surface area contributed by atoms with E-state index in [4.69, 9.17) is 9.47 Å². The summed E-state index contributed by atoms with van der Waals surface area (Å²) in [5.41, 5.74) is 1.76. The molecule has 0 aliphatic carbocycles. The van der Waals surface area contributed by atoms with E-state index in [0.29, 0.717) is 19.8 Å². The van der Waals surface area contributed by atoms with E-state index >= 15 is 0 Å². The van der Waals surface area contributed by atoms with Crippen LogP contribution in [0.3, 0.4) is 0 Å². The average Bonchev–Trinajstić information content (AvgIpc) is 2.56. The van der Waals surface area contributed by atoms with E-state index in [0.717, 1.165) is 42.4 Å². The molecule has 1 N–H and O–H groups in total. The number of nitrogens with zero attached hydrogens (tertiary/aromatic N) is 2. The van der Waals surface area contributed by atoms with Crippen molar-refractivity contribution in [2.45, 2.75) is 19.6 Å². The van der Waals surface area contributed by atoms with Gasteiger partial charge in [-0.15, -0.1) is 0 Å². The summed E-state index contributed by atoms with van der Waals surface area (Å²) in [7, 11) is 0. The molecule has 23 heavy (non-hydrogen) atoms. The van der Waals surface area contributed by atoms with Gasteiger partial charge in [-0.1, -0.05) is 6.07 Å².